The Kier molecular flexibility index (Phi) is 11.1. The quantitative estimate of drug-likeness (QED) is 0.185. The number of carbonyl (C=O) groups is 6. The van der Waals surface area contributed by atoms with Gasteiger partial charge in [0.1, 0.15) is 17.9 Å². The van der Waals surface area contributed by atoms with E-state index in [0.717, 1.165) is 58.9 Å². The first-order valence-corrected chi connectivity index (χ1v) is 21.4. The molecule has 2 aliphatic carbocycles. The molecular weight excluding hydrogens is 787 g/mol. The van der Waals surface area contributed by atoms with Crippen LogP contribution < -0.4 is 25.8 Å². The zero-order chi connectivity index (χ0) is 42.9. The van der Waals surface area contributed by atoms with Gasteiger partial charge in [0.25, 0.3) is 11.8 Å². The molecule has 7 amide bonds. The van der Waals surface area contributed by atoms with E-state index in [1.807, 2.05) is 70.5 Å². The first-order valence-electron chi connectivity index (χ1n) is 21.4. The third-order valence-corrected chi connectivity index (χ3v) is 12.9. The van der Waals surface area contributed by atoms with Crippen LogP contribution in [0.4, 0.5) is 22.0 Å². The molecule has 1 aromatic heterocycles. The van der Waals surface area contributed by atoms with Gasteiger partial charge in [0.05, 0.1) is 16.7 Å². The van der Waals surface area contributed by atoms with Crippen molar-refractivity contribution in [2.45, 2.75) is 75.5 Å². The number of hydrogen-bond acceptors (Lipinski definition) is 10. The van der Waals surface area contributed by atoms with Gasteiger partial charge in [-0.3, -0.25) is 39.1 Å². The maximum Gasteiger partial charge on any atom is 0.322 e. The number of fused-ring (bicyclic) bond motifs is 1. The fourth-order valence-electron chi connectivity index (χ4n) is 9.38. The van der Waals surface area contributed by atoms with E-state index in [1.165, 1.54) is 0 Å². The Balaban J connectivity index is 0.805. The monoisotopic (exact) mass is 833 g/mol. The van der Waals surface area contributed by atoms with Crippen molar-refractivity contribution in [3.63, 3.8) is 0 Å². The van der Waals surface area contributed by atoms with Crippen molar-refractivity contribution >= 4 is 52.8 Å². The summed E-state index contributed by atoms with van der Waals surface area (Å²) < 4.78 is 0. The SMILES string of the molecule is N#Cc1ccc(NC2CCC(N(C(=O)NCc3ccccc3)c3ccc(N4CCN(C(=O)C5CC5c5ccc6c(c5)C(=O)N(C5CCC(=O)NC5=O)C6=O)CC4)cc3)CC2)nc1. The molecule has 0 radical (unpaired) electrons. The Morgan fingerprint density at radius 1 is 0.839 bits per heavy atom. The molecule has 4 aromatic rings. The topological polar surface area (TPSA) is 188 Å². The molecule has 3 aliphatic heterocycles. The number of carbonyl (C=O) groups excluding carboxylic acids is 6. The second-order valence-electron chi connectivity index (χ2n) is 16.7. The minimum absolute atomic E-state index is 0.00304. The van der Waals surface area contributed by atoms with Crippen molar-refractivity contribution in [2.75, 3.05) is 41.3 Å². The highest BCUT2D eigenvalue weighted by atomic mass is 16.2. The van der Waals surface area contributed by atoms with Crippen LogP contribution >= 0.6 is 0 Å². The summed E-state index contributed by atoms with van der Waals surface area (Å²) in [5.41, 5.74) is 4.64. The number of aromatic nitrogens is 1. The molecule has 3 aromatic carbocycles. The molecule has 0 spiro atoms. The maximum atomic E-state index is 13.9. The van der Waals surface area contributed by atoms with E-state index >= 15 is 0 Å². The number of nitriles is 1. The number of nitrogens with one attached hydrogen (secondary N) is 3. The van der Waals surface area contributed by atoms with Gasteiger partial charge in [-0.2, -0.15) is 5.26 Å². The van der Waals surface area contributed by atoms with E-state index in [0.29, 0.717) is 44.7 Å². The Hall–Kier alpha value is -7.08. The van der Waals surface area contributed by atoms with Gasteiger partial charge in [0, 0.05) is 74.7 Å². The van der Waals surface area contributed by atoms with E-state index in [-0.39, 0.29) is 59.8 Å². The van der Waals surface area contributed by atoms with Gasteiger partial charge >= 0.3 is 6.03 Å². The number of rotatable bonds is 10. The summed E-state index contributed by atoms with van der Waals surface area (Å²) in [5, 5.41) is 18.0. The van der Waals surface area contributed by atoms with Crippen LogP contribution in [0.25, 0.3) is 0 Å². The molecule has 316 valence electrons. The number of anilines is 3. The number of pyridine rings is 1. The molecule has 15 heteroatoms. The van der Waals surface area contributed by atoms with Crippen LogP contribution in [0.5, 0.6) is 0 Å². The number of imide groups is 2. The summed E-state index contributed by atoms with van der Waals surface area (Å²) in [7, 11) is 0. The summed E-state index contributed by atoms with van der Waals surface area (Å²) in [6.07, 6.45) is 5.69. The van der Waals surface area contributed by atoms with Gasteiger partial charge < -0.3 is 20.4 Å². The second kappa shape index (κ2) is 17.1. The number of amides is 7. The zero-order valence-corrected chi connectivity index (χ0v) is 34.2. The first kappa shape index (κ1) is 40.3. The van der Waals surface area contributed by atoms with Crippen LogP contribution in [-0.4, -0.2) is 94.7 Å². The van der Waals surface area contributed by atoms with Gasteiger partial charge in [-0.05, 0) is 104 Å². The summed E-state index contributed by atoms with van der Waals surface area (Å²) in [6, 6.07) is 27.8. The second-order valence-corrected chi connectivity index (χ2v) is 16.7. The average molecular weight is 834 g/mol. The van der Waals surface area contributed by atoms with Gasteiger partial charge in [0.15, 0.2) is 0 Å². The molecule has 4 heterocycles. The fraction of sp³-hybridized carbons (Fsp3) is 0.362. The van der Waals surface area contributed by atoms with Crippen molar-refractivity contribution in [1.29, 1.82) is 5.26 Å². The lowest BCUT2D eigenvalue weighted by Crippen LogP contribution is -2.54. The van der Waals surface area contributed by atoms with E-state index in [2.05, 4.69) is 31.9 Å². The normalized spacial score (nSPS) is 23.3. The molecule has 3 unspecified atom stereocenters. The number of piperidine rings is 1. The lowest BCUT2D eigenvalue weighted by atomic mass is 9.90. The highest BCUT2D eigenvalue weighted by molar-refractivity contribution is 6.23. The maximum absolute atomic E-state index is 13.9. The molecule has 2 saturated heterocycles. The fourth-order valence-corrected chi connectivity index (χ4v) is 9.38. The van der Waals surface area contributed by atoms with Gasteiger partial charge in [-0.15, -0.1) is 0 Å². The molecular formula is C47H47N9O6. The van der Waals surface area contributed by atoms with Crippen LogP contribution in [-0.2, 0) is 20.9 Å². The molecule has 3 N–H and O–H groups in total. The van der Waals surface area contributed by atoms with Crippen molar-refractivity contribution in [2.24, 2.45) is 5.92 Å². The Bertz CT molecular complexity index is 2440. The van der Waals surface area contributed by atoms with E-state index in [4.69, 9.17) is 5.26 Å². The van der Waals surface area contributed by atoms with Crippen LogP contribution in [0.3, 0.4) is 0 Å². The van der Waals surface area contributed by atoms with E-state index < -0.39 is 29.7 Å². The number of urea groups is 1. The summed E-state index contributed by atoms with van der Waals surface area (Å²) in [4.78, 5) is 89.7. The lowest BCUT2D eigenvalue weighted by molar-refractivity contribution is -0.136. The minimum atomic E-state index is -1.03. The summed E-state index contributed by atoms with van der Waals surface area (Å²) in [6.45, 7) is 2.84. The highest BCUT2D eigenvalue weighted by Crippen LogP contribution is 2.49. The number of nitrogens with zero attached hydrogens (tertiary/aromatic N) is 6. The van der Waals surface area contributed by atoms with Crippen LogP contribution in [0.15, 0.2) is 91.1 Å². The molecule has 15 nitrogen and oxygen atoms in total. The lowest BCUT2D eigenvalue weighted by Gasteiger charge is -2.38. The van der Waals surface area contributed by atoms with Crippen LogP contribution in [0.2, 0.25) is 0 Å². The van der Waals surface area contributed by atoms with Crippen LogP contribution in [0, 0.1) is 17.2 Å². The molecule has 2 saturated carbocycles. The third-order valence-electron chi connectivity index (χ3n) is 12.9. The molecule has 0 bridgehead atoms. The summed E-state index contributed by atoms with van der Waals surface area (Å²) >= 11 is 0. The van der Waals surface area contributed by atoms with Gasteiger partial charge in [-0.25, -0.2) is 9.78 Å². The van der Waals surface area contributed by atoms with Crippen molar-refractivity contribution < 1.29 is 28.8 Å². The van der Waals surface area contributed by atoms with E-state index in [1.54, 1.807) is 30.5 Å². The average Bonchev–Trinajstić information content (AvgIpc) is 4.07. The third kappa shape index (κ3) is 8.20. The highest BCUT2D eigenvalue weighted by Gasteiger charge is 2.49. The Morgan fingerprint density at radius 3 is 2.27 bits per heavy atom. The number of benzene rings is 3. The molecule has 62 heavy (non-hydrogen) atoms. The predicted molar refractivity (Wildman–Crippen MR) is 229 cm³/mol. The first-order chi connectivity index (χ1) is 30.1. The van der Waals surface area contributed by atoms with Crippen molar-refractivity contribution in [3.05, 3.63) is 119 Å². The van der Waals surface area contributed by atoms with Crippen molar-refractivity contribution in [1.82, 2.24) is 25.4 Å². The molecule has 9 rings (SSSR count). The molecule has 5 aliphatic rings. The Morgan fingerprint density at radius 2 is 1.58 bits per heavy atom. The largest absolute Gasteiger partial charge is 0.368 e. The smallest absolute Gasteiger partial charge is 0.322 e. The number of hydrogen-bond donors (Lipinski definition) is 3. The molecule has 3 atom stereocenters. The van der Waals surface area contributed by atoms with Gasteiger partial charge in [-0.1, -0.05) is 36.4 Å². The molecule has 4 fully saturated rings. The van der Waals surface area contributed by atoms with E-state index in [9.17, 15) is 28.8 Å². The van der Waals surface area contributed by atoms with Crippen molar-refractivity contribution in [3.8, 4) is 6.07 Å². The number of piperazine rings is 1. The van der Waals surface area contributed by atoms with Crippen LogP contribution in [0.1, 0.15) is 88.3 Å². The predicted octanol–water partition coefficient (Wildman–Crippen LogP) is 4.95. The summed E-state index contributed by atoms with van der Waals surface area (Å²) in [5.74, 6) is -1.64. The standard InChI is InChI=1S/C47H47N9O6/c48-26-30-6-18-41(49-28-30)51-32-8-10-34(11-9-32)55(47(62)50-27-29-4-2-1-3-5-29)35-14-12-33(13-15-35)53-20-22-54(23-21-53)44(59)39-25-37(39)31-7-16-36-38(24-31)46(61)56(45(36)60)40-17-19-42(57)52-43(40)58/h1-7,12-16,18,24,28,32,34,37,39-40H,8-11,17,19-23,25,27H2,(H,49,51)(H,50,62)(H,52,57,58). The zero-order valence-electron chi connectivity index (χ0n) is 34.2. The Labute approximate surface area is 359 Å². The van der Waals surface area contributed by atoms with Gasteiger partial charge in [0.2, 0.25) is 17.7 Å². The minimum Gasteiger partial charge on any atom is -0.368 e.